The predicted octanol–water partition coefficient (Wildman–Crippen LogP) is 2.69. The number of hydrogen-bond acceptors (Lipinski definition) is 5. The number of hydrogen-bond donors (Lipinski definition) is 1. The highest BCUT2D eigenvalue weighted by atomic mass is 16.2. The van der Waals surface area contributed by atoms with Crippen LogP contribution < -0.4 is 0 Å². The van der Waals surface area contributed by atoms with E-state index in [1.54, 1.807) is 17.1 Å². The summed E-state index contributed by atoms with van der Waals surface area (Å²) in [7, 11) is 0. The number of nitrogens with one attached hydrogen (secondary N) is 1. The maximum atomic E-state index is 12.7. The van der Waals surface area contributed by atoms with E-state index in [1.165, 1.54) is 6.33 Å². The van der Waals surface area contributed by atoms with Crippen LogP contribution in [-0.2, 0) is 0 Å². The van der Waals surface area contributed by atoms with Gasteiger partial charge in [0.15, 0.2) is 11.5 Å². The summed E-state index contributed by atoms with van der Waals surface area (Å²) in [4.78, 5) is 23.3. The molecule has 1 fully saturated rings. The minimum atomic E-state index is 0.0444. The van der Waals surface area contributed by atoms with Crippen molar-refractivity contribution in [2.24, 2.45) is 5.92 Å². The molecule has 4 aromatic rings. The molecule has 5 rings (SSSR count). The molecule has 1 N–H and O–H groups in total. The summed E-state index contributed by atoms with van der Waals surface area (Å²) in [6.07, 6.45) is 5.93. The lowest BCUT2D eigenvalue weighted by Gasteiger charge is -2.15. The predicted molar refractivity (Wildman–Crippen MR) is 104 cm³/mol. The number of aromatic nitrogens is 6. The molecule has 3 aromatic heterocycles. The van der Waals surface area contributed by atoms with Crippen molar-refractivity contribution in [1.82, 2.24) is 34.8 Å². The fraction of sp³-hybridized carbons (Fsp3) is 0.250. The molecule has 0 radical (unpaired) electrons. The molecule has 140 valence electrons. The zero-order valence-electron chi connectivity index (χ0n) is 15.4. The van der Waals surface area contributed by atoms with Crippen LogP contribution in [-0.4, -0.2) is 53.8 Å². The van der Waals surface area contributed by atoms with Gasteiger partial charge in [-0.3, -0.25) is 9.89 Å². The van der Waals surface area contributed by atoms with Crippen LogP contribution >= 0.6 is 0 Å². The van der Waals surface area contributed by atoms with Gasteiger partial charge < -0.3 is 4.90 Å². The molecular weight excluding hydrogens is 354 g/mol. The summed E-state index contributed by atoms with van der Waals surface area (Å²) in [6, 6.07) is 9.69. The van der Waals surface area contributed by atoms with Crippen LogP contribution in [0.5, 0.6) is 0 Å². The molecule has 1 aromatic carbocycles. The highest BCUT2D eigenvalue weighted by Gasteiger charge is 2.24. The molecule has 0 aliphatic carbocycles. The van der Waals surface area contributed by atoms with Gasteiger partial charge >= 0.3 is 0 Å². The van der Waals surface area contributed by atoms with Crippen LogP contribution in [0.25, 0.3) is 28.1 Å². The third kappa shape index (κ3) is 2.83. The average Bonchev–Trinajstić information content (AvgIpc) is 3.48. The normalized spacial score (nSPS) is 16.8. The fourth-order valence-corrected chi connectivity index (χ4v) is 3.63. The first-order chi connectivity index (χ1) is 13.7. The summed E-state index contributed by atoms with van der Waals surface area (Å²) in [5.74, 6) is 1.32. The number of amides is 1. The molecule has 28 heavy (non-hydrogen) atoms. The van der Waals surface area contributed by atoms with Gasteiger partial charge in [0.2, 0.25) is 0 Å². The Balaban J connectivity index is 1.44. The van der Waals surface area contributed by atoms with E-state index >= 15 is 0 Å². The zero-order chi connectivity index (χ0) is 19.1. The van der Waals surface area contributed by atoms with Crippen molar-refractivity contribution in [3.05, 3.63) is 54.6 Å². The second-order valence-electron chi connectivity index (χ2n) is 7.22. The van der Waals surface area contributed by atoms with E-state index in [1.807, 2.05) is 35.2 Å². The van der Waals surface area contributed by atoms with Crippen molar-refractivity contribution in [3.63, 3.8) is 0 Å². The Morgan fingerprint density at radius 1 is 1.18 bits per heavy atom. The van der Waals surface area contributed by atoms with Gasteiger partial charge in [0.25, 0.3) is 5.91 Å². The largest absolute Gasteiger partial charge is 0.338 e. The van der Waals surface area contributed by atoms with Crippen molar-refractivity contribution in [3.8, 4) is 17.1 Å². The second kappa shape index (κ2) is 6.56. The Labute approximate surface area is 161 Å². The first kappa shape index (κ1) is 16.6. The topological polar surface area (TPSA) is 92.6 Å². The molecule has 1 aliphatic heterocycles. The lowest BCUT2D eigenvalue weighted by atomic mass is 10.2. The fourth-order valence-electron chi connectivity index (χ4n) is 3.63. The van der Waals surface area contributed by atoms with Gasteiger partial charge in [-0.2, -0.15) is 10.2 Å². The van der Waals surface area contributed by atoms with Crippen molar-refractivity contribution in [2.45, 2.75) is 13.3 Å². The summed E-state index contributed by atoms with van der Waals surface area (Å²) in [6.45, 7) is 3.80. The van der Waals surface area contributed by atoms with Gasteiger partial charge in [-0.15, -0.1) is 0 Å². The van der Waals surface area contributed by atoms with Gasteiger partial charge in [0, 0.05) is 30.2 Å². The van der Waals surface area contributed by atoms with E-state index in [-0.39, 0.29) is 5.91 Å². The van der Waals surface area contributed by atoms with Crippen LogP contribution in [0, 0.1) is 5.92 Å². The van der Waals surface area contributed by atoms with Crippen molar-refractivity contribution >= 4 is 16.9 Å². The molecule has 1 atom stereocenters. The Kier molecular flexibility index (Phi) is 3.89. The Morgan fingerprint density at radius 2 is 2.04 bits per heavy atom. The van der Waals surface area contributed by atoms with Gasteiger partial charge in [-0.05, 0) is 42.7 Å². The molecule has 0 saturated carbocycles. The van der Waals surface area contributed by atoms with Gasteiger partial charge in [0.1, 0.15) is 6.33 Å². The van der Waals surface area contributed by atoms with E-state index < -0.39 is 0 Å². The van der Waals surface area contributed by atoms with Gasteiger partial charge in [-0.25, -0.2) is 14.6 Å². The molecule has 1 aliphatic rings. The molecule has 4 heterocycles. The third-order valence-electron chi connectivity index (χ3n) is 5.17. The number of carbonyl (C=O) groups is 1. The van der Waals surface area contributed by atoms with E-state index in [9.17, 15) is 4.79 Å². The molecule has 0 spiro atoms. The number of aromatic amines is 1. The second-order valence-corrected chi connectivity index (χ2v) is 7.22. The van der Waals surface area contributed by atoms with Gasteiger partial charge in [0.05, 0.1) is 17.4 Å². The molecule has 0 unspecified atom stereocenters. The summed E-state index contributed by atoms with van der Waals surface area (Å²) in [5.41, 5.74) is 3.16. The van der Waals surface area contributed by atoms with Crippen molar-refractivity contribution < 1.29 is 4.79 Å². The quantitative estimate of drug-likeness (QED) is 0.596. The Bertz CT molecular complexity index is 1130. The summed E-state index contributed by atoms with van der Waals surface area (Å²) < 4.78 is 1.77. The molecular formula is C20H19N7O. The summed E-state index contributed by atoms with van der Waals surface area (Å²) >= 11 is 0. The molecule has 1 amide bonds. The van der Waals surface area contributed by atoms with Crippen LogP contribution in [0.2, 0.25) is 0 Å². The number of fused-ring (bicyclic) bond motifs is 1. The number of nitrogens with zero attached hydrogens (tertiary/aromatic N) is 6. The number of H-pyrrole nitrogens is 1. The monoisotopic (exact) mass is 373 g/mol. The highest BCUT2D eigenvalue weighted by Crippen LogP contribution is 2.22. The SMILES string of the molecule is C[C@@H]1CCN(C(=O)c2cnc3c(cnn3-c3ccc(-c4ncn[nH]4)cc3)c2)C1. The van der Waals surface area contributed by atoms with Crippen LogP contribution in [0.4, 0.5) is 0 Å². The van der Waals surface area contributed by atoms with Crippen LogP contribution in [0.15, 0.2) is 49.1 Å². The maximum Gasteiger partial charge on any atom is 0.255 e. The number of likely N-dealkylation sites (tertiary alicyclic amines) is 1. The average molecular weight is 373 g/mol. The van der Waals surface area contributed by atoms with Crippen LogP contribution in [0.3, 0.4) is 0 Å². The third-order valence-corrected chi connectivity index (χ3v) is 5.17. The molecule has 8 heteroatoms. The lowest BCUT2D eigenvalue weighted by Crippen LogP contribution is -2.28. The molecule has 1 saturated heterocycles. The zero-order valence-corrected chi connectivity index (χ0v) is 15.4. The minimum Gasteiger partial charge on any atom is -0.338 e. The van der Waals surface area contributed by atoms with Crippen LogP contribution in [0.1, 0.15) is 23.7 Å². The van der Waals surface area contributed by atoms with E-state index in [0.29, 0.717) is 11.5 Å². The molecule has 8 nitrogen and oxygen atoms in total. The van der Waals surface area contributed by atoms with E-state index in [0.717, 1.165) is 47.6 Å². The number of benzene rings is 1. The maximum absolute atomic E-state index is 12.7. The number of pyridine rings is 1. The highest BCUT2D eigenvalue weighted by molar-refractivity contribution is 5.97. The molecule has 0 bridgehead atoms. The smallest absolute Gasteiger partial charge is 0.255 e. The number of rotatable bonds is 3. The van der Waals surface area contributed by atoms with Crippen molar-refractivity contribution in [2.75, 3.05) is 13.1 Å². The lowest BCUT2D eigenvalue weighted by molar-refractivity contribution is 0.0788. The first-order valence-electron chi connectivity index (χ1n) is 9.28. The summed E-state index contributed by atoms with van der Waals surface area (Å²) in [5, 5.41) is 12.0. The number of carbonyl (C=O) groups excluding carboxylic acids is 1. The van der Waals surface area contributed by atoms with Gasteiger partial charge in [-0.1, -0.05) is 6.92 Å². The standard InChI is InChI=1S/C20H19N7O/c1-13-6-7-26(11-13)20(28)16-8-15-10-24-27(19(15)21-9-16)17-4-2-14(3-5-17)18-22-12-23-25-18/h2-5,8-10,12-13H,6-7,11H2,1H3,(H,22,23,25)/t13-/m1/s1. The van der Waals surface area contributed by atoms with Crippen molar-refractivity contribution in [1.29, 1.82) is 0 Å². The first-order valence-corrected chi connectivity index (χ1v) is 9.28. The minimum absolute atomic E-state index is 0.0444. The van der Waals surface area contributed by atoms with E-state index in [4.69, 9.17) is 0 Å². The Hall–Kier alpha value is -3.55. The Morgan fingerprint density at radius 3 is 2.75 bits per heavy atom. The van der Waals surface area contributed by atoms with E-state index in [2.05, 4.69) is 32.2 Å².